The van der Waals surface area contributed by atoms with Crippen LogP contribution in [0.15, 0.2) is 36.4 Å². The second-order valence-electron chi connectivity index (χ2n) is 7.57. The minimum atomic E-state index is -1.09. The third-order valence-corrected chi connectivity index (χ3v) is 5.45. The summed E-state index contributed by atoms with van der Waals surface area (Å²) in [5, 5.41) is 5.37. The van der Waals surface area contributed by atoms with Crippen molar-refractivity contribution in [2.75, 3.05) is 22.1 Å². The first-order valence-electron chi connectivity index (χ1n) is 9.83. The van der Waals surface area contributed by atoms with Gasteiger partial charge >= 0.3 is 5.97 Å². The number of rotatable bonds is 4. The van der Waals surface area contributed by atoms with E-state index in [1.807, 2.05) is 4.90 Å². The zero-order chi connectivity index (χ0) is 21.4. The lowest BCUT2D eigenvalue weighted by Gasteiger charge is -2.33. The molecule has 0 aromatic heterocycles. The van der Waals surface area contributed by atoms with Crippen LogP contribution in [0, 0.1) is 12.7 Å². The number of nitrogens with one attached hydrogen (secondary N) is 2. The minimum absolute atomic E-state index is 0.0800. The number of esters is 1. The van der Waals surface area contributed by atoms with E-state index in [4.69, 9.17) is 4.74 Å². The van der Waals surface area contributed by atoms with Gasteiger partial charge in [-0.05, 0) is 62.6 Å². The lowest BCUT2D eigenvalue weighted by atomic mass is 10.1. The Balaban J connectivity index is 1.43. The number of nitrogens with zero attached hydrogens (tertiary/aromatic N) is 1. The van der Waals surface area contributed by atoms with E-state index in [9.17, 15) is 18.8 Å². The van der Waals surface area contributed by atoms with Crippen molar-refractivity contribution in [2.45, 2.75) is 38.8 Å². The van der Waals surface area contributed by atoms with Gasteiger partial charge in [0.05, 0.1) is 16.9 Å². The Morgan fingerprint density at radius 1 is 1.27 bits per heavy atom. The molecule has 4 rings (SSSR count). The van der Waals surface area contributed by atoms with Crippen LogP contribution in [0.2, 0.25) is 0 Å². The van der Waals surface area contributed by atoms with Crippen molar-refractivity contribution in [1.29, 1.82) is 0 Å². The number of halogens is 1. The van der Waals surface area contributed by atoms with E-state index in [1.54, 1.807) is 37.3 Å². The summed E-state index contributed by atoms with van der Waals surface area (Å²) in [4.78, 5) is 39.1. The summed E-state index contributed by atoms with van der Waals surface area (Å²) in [7, 11) is 0. The second-order valence-corrected chi connectivity index (χ2v) is 7.57. The van der Waals surface area contributed by atoms with Crippen LogP contribution in [0.25, 0.3) is 0 Å². The van der Waals surface area contributed by atoms with E-state index < -0.39 is 23.8 Å². The Labute approximate surface area is 173 Å². The summed E-state index contributed by atoms with van der Waals surface area (Å²) in [5.41, 5.74) is 2.41. The van der Waals surface area contributed by atoms with Gasteiger partial charge < -0.3 is 20.3 Å². The van der Waals surface area contributed by atoms with Crippen molar-refractivity contribution < 1.29 is 23.5 Å². The fourth-order valence-corrected chi connectivity index (χ4v) is 3.75. The van der Waals surface area contributed by atoms with E-state index in [0.29, 0.717) is 11.3 Å². The van der Waals surface area contributed by atoms with Crippen LogP contribution in [-0.4, -0.2) is 36.5 Å². The quantitative estimate of drug-likeness (QED) is 0.755. The first kappa shape index (κ1) is 19.9. The molecule has 7 nitrogen and oxygen atoms in total. The molecule has 1 saturated heterocycles. The van der Waals surface area contributed by atoms with Gasteiger partial charge in [-0.3, -0.25) is 9.59 Å². The largest absolute Gasteiger partial charge is 0.449 e. The van der Waals surface area contributed by atoms with E-state index in [1.165, 1.54) is 13.0 Å². The molecule has 2 atom stereocenters. The number of carbonyl (C=O) groups is 3. The number of hydrogen-bond donors (Lipinski definition) is 2. The van der Waals surface area contributed by atoms with Gasteiger partial charge in [-0.2, -0.15) is 0 Å². The van der Waals surface area contributed by atoms with Gasteiger partial charge in [-0.1, -0.05) is 6.07 Å². The van der Waals surface area contributed by atoms with Gasteiger partial charge in [0.15, 0.2) is 6.10 Å². The Morgan fingerprint density at radius 3 is 2.83 bits per heavy atom. The number of fused-ring (bicyclic) bond motifs is 3. The summed E-state index contributed by atoms with van der Waals surface area (Å²) in [6, 6.07) is 9.13. The fourth-order valence-electron chi connectivity index (χ4n) is 3.75. The van der Waals surface area contributed by atoms with Crippen molar-refractivity contribution >= 4 is 34.8 Å². The number of aryl methyl sites for hydroxylation is 1. The minimum Gasteiger partial charge on any atom is -0.449 e. The van der Waals surface area contributed by atoms with Crippen molar-refractivity contribution in [3.63, 3.8) is 0 Å². The van der Waals surface area contributed by atoms with Crippen LogP contribution >= 0.6 is 0 Å². The molecule has 0 aliphatic carbocycles. The predicted octanol–water partition coefficient (Wildman–Crippen LogP) is 3.24. The Kier molecular flexibility index (Phi) is 5.15. The monoisotopic (exact) mass is 411 g/mol. The molecule has 156 valence electrons. The molecule has 2 amide bonds. The van der Waals surface area contributed by atoms with E-state index in [0.717, 1.165) is 25.1 Å². The maximum absolute atomic E-state index is 13.6. The maximum atomic E-state index is 13.6. The van der Waals surface area contributed by atoms with Crippen LogP contribution in [0.1, 0.15) is 35.7 Å². The van der Waals surface area contributed by atoms with Crippen LogP contribution < -0.4 is 15.5 Å². The van der Waals surface area contributed by atoms with E-state index in [2.05, 4.69) is 10.6 Å². The van der Waals surface area contributed by atoms with Gasteiger partial charge in [0, 0.05) is 12.2 Å². The topological polar surface area (TPSA) is 87.7 Å². The van der Waals surface area contributed by atoms with E-state index in [-0.39, 0.29) is 23.2 Å². The number of benzene rings is 2. The molecule has 0 radical (unpaired) electrons. The number of anilines is 3. The highest BCUT2D eigenvalue weighted by atomic mass is 19.1. The molecule has 1 fully saturated rings. The smallest absolute Gasteiger partial charge is 0.338 e. The third kappa shape index (κ3) is 3.72. The summed E-state index contributed by atoms with van der Waals surface area (Å²) in [5.74, 6) is -1.77. The van der Waals surface area contributed by atoms with E-state index >= 15 is 0 Å². The molecule has 8 heteroatoms. The summed E-state index contributed by atoms with van der Waals surface area (Å²) in [6.07, 6.45) is 0.668. The van der Waals surface area contributed by atoms with Gasteiger partial charge in [0.2, 0.25) is 5.91 Å². The average molecular weight is 411 g/mol. The van der Waals surface area contributed by atoms with Gasteiger partial charge in [-0.25, -0.2) is 9.18 Å². The van der Waals surface area contributed by atoms with Crippen LogP contribution in [0.3, 0.4) is 0 Å². The lowest BCUT2D eigenvalue weighted by molar-refractivity contribution is -0.123. The molecule has 2 heterocycles. The lowest BCUT2D eigenvalue weighted by Crippen LogP contribution is -2.43. The Morgan fingerprint density at radius 2 is 2.07 bits per heavy atom. The molecule has 2 aromatic carbocycles. The molecule has 2 aromatic rings. The van der Waals surface area contributed by atoms with Crippen molar-refractivity contribution in [1.82, 2.24) is 0 Å². The van der Waals surface area contributed by atoms with Gasteiger partial charge in [0.25, 0.3) is 5.91 Å². The highest BCUT2D eigenvalue weighted by molar-refractivity contribution is 6.05. The van der Waals surface area contributed by atoms with Crippen LogP contribution in [0.5, 0.6) is 0 Å². The second kappa shape index (κ2) is 7.78. The maximum Gasteiger partial charge on any atom is 0.338 e. The SMILES string of the molecule is Cc1ccc(NC(=O)[C@@H](C)OC(=O)c2ccc3c(c2)NC(=O)[C@H]2CCCN32)cc1F. The summed E-state index contributed by atoms with van der Waals surface area (Å²) >= 11 is 0. The van der Waals surface area contributed by atoms with Crippen molar-refractivity contribution in [3.8, 4) is 0 Å². The molecule has 30 heavy (non-hydrogen) atoms. The highest BCUT2D eigenvalue weighted by Gasteiger charge is 2.36. The molecular formula is C22H22FN3O4. The number of hydrogen-bond acceptors (Lipinski definition) is 5. The number of ether oxygens (including phenoxy) is 1. The standard InChI is InChI=1S/C22H22FN3O4/c1-12-5-7-15(11-16(12)23)24-20(27)13(2)30-22(29)14-6-8-18-17(10-14)25-21(28)19-4-3-9-26(18)19/h5-8,10-11,13,19H,3-4,9H2,1-2H3,(H,24,27)(H,25,28)/t13-,19-/m1/s1. The first-order valence-corrected chi connectivity index (χ1v) is 9.83. The molecule has 2 N–H and O–H groups in total. The molecule has 2 aliphatic heterocycles. The predicted molar refractivity (Wildman–Crippen MR) is 110 cm³/mol. The molecule has 0 saturated carbocycles. The highest BCUT2D eigenvalue weighted by Crippen LogP contribution is 2.37. The molecule has 0 unspecified atom stereocenters. The Bertz CT molecular complexity index is 1040. The average Bonchev–Trinajstić information content (AvgIpc) is 3.21. The van der Waals surface area contributed by atoms with Gasteiger partial charge in [-0.15, -0.1) is 0 Å². The molecule has 0 spiro atoms. The molecule has 2 aliphatic rings. The Hall–Kier alpha value is -3.42. The van der Waals surface area contributed by atoms with Crippen molar-refractivity contribution in [2.24, 2.45) is 0 Å². The van der Waals surface area contributed by atoms with Gasteiger partial charge in [0.1, 0.15) is 11.9 Å². The summed E-state index contributed by atoms with van der Waals surface area (Å²) in [6.45, 7) is 3.86. The fraction of sp³-hybridized carbons (Fsp3) is 0.318. The van der Waals surface area contributed by atoms with Crippen molar-refractivity contribution in [3.05, 3.63) is 53.3 Å². The zero-order valence-corrected chi connectivity index (χ0v) is 16.7. The van der Waals surface area contributed by atoms with Crippen LogP contribution in [-0.2, 0) is 14.3 Å². The number of amides is 2. The normalized spacial score (nSPS) is 18.2. The summed E-state index contributed by atoms with van der Waals surface area (Å²) < 4.78 is 18.9. The number of carbonyl (C=O) groups excluding carboxylic acids is 3. The first-order chi connectivity index (χ1) is 14.3. The molecular weight excluding hydrogens is 389 g/mol. The van der Waals surface area contributed by atoms with Crippen LogP contribution in [0.4, 0.5) is 21.5 Å². The zero-order valence-electron chi connectivity index (χ0n) is 16.7. The third-order valence-electron chi connectivity index (χ3n) is 5.45. The molecule has 0 bridgehead atoms.